The van der Waals surface area contributed by atoms with Gasteiger partial charge in [0, 0.05) is 31.4 Å². The third-order valence-corrected chi connectivity index (χ3v) is 5.16. The number of methoxy groups -OCH3 is 1. The zero-order valence-electron chi connectivity index (χ0n) is 19.1. The Morgan fingerprint density at radius 2 is 1.76 bits per heavy atom. The molecule has 0 fully saturated rings. The lowest BCUT2D eigenvalue weighted by atomic mass is 9.97. The van der Waals surface area contributed by atoms with Crippen molar-refractivity contribution < 1.29 is 9.53 Å². The van der Waals surface area contributed by atoms with Crippen LogP contribution in [0.2, 0.25) is 0 Å². The maximum atomic E-state index is 13.7. The number of hydrogen-bond acceptors (Lipinski definition) is 6. The molecule has 166 valence electrons. The summed E-state index contributed by atoms with van der Waals surface area (Å²) in [6.45, 7) is 2.01. The third-order valence-electron chi connectivity index (χ3n) is 5.16. The molecule has 0 saturated carbocycles. The summed E-state index contributed by atoms with van der Waals surface area (Å²) < 4.78 is 7.08. The number of carbonyl (C=O) groups is 1. The van der Waals surface area contributed by atoms with Gasteiger partial charge in [0.05, 0.1) is 18.4 Å². The average molecular weight is 440 g/mol. The SMILES string of the molecule is COc1ccccc1-c1cccc(C(=O)C(=CN(C)C)c2nnnn2-c2ccc(C)cc2)c1. The summed E-state index contributed by atoms with van der Waals surface area (Å²) in [5, 5.41) is 12.2. The smallest absolute Gasteiger partial charge is 0.198 e. The number of rotatable bonds is 7. The topological polar surface area (TPSA) is 73.1 Å². The van der Waals surface area contributed by atoms with E-state index >= 15 is 0 Å². The molecule has 0 aliphatic carbocycles. The van der Waals surface area contributed by atoms with E-state index in [1.807, 2.05) is 92.6 Å². The standard InChI is InChI=1S/C26H25N5O2/c1-18-12-14-21(15-13-18)31-26(27-28-29-31)23(17-30(2)3)25(32)20-9-7-8-19(16-20)22-10-5-6-11-24(22)33-4/h5-17H,1-4H3. The molecule has 0 aliphatic rings. The molecular weight excluding hydrogens is 414 g/mol. The zero-order chi connectivity index (χ0) is 23.4. The average Bonchev–Trinajstić information content (AvgIpc) is 3.32. The van der Waals surface area contributed by atoms with Crippen LogP contribution < -0.4 is 4.74 Å². The largest absolute Gasteiger partial charge is 0.496 e. The van der Waals surface area contributed by atoms with Gasteiger partial charge in [-0.1, -0.05) is 54.1 Å². The molecule has 0 radical (unpaired) electrons. The fourth-order valence-corrected chi connectivity index (χ4v) is 3.56. The Morgan fingerprint density at radius 1 is 1.00 bits per heavy atom. The molecule has 0 atom stereocenters. The van der Waals surface area contributed by atoms with Crippen LogP contribution in [0.1, 0.15) is 21.7 Å². The van der Waals surface area contributed by atoms with E-state index < -0.39 is 0 Å². The number of tetrazole rings is 1. The minimum atomic E-state index is -0.177. The van der Waals surface area contributed by atoms with Crippen LogP contribution in [0.15, 0.2) is 79.0 Å². The summed E-state index contributed by atoms with van der Waals surface area (Å²) in [6, 6.07) is 23.0. The van der Waals surface area contributed by atoms with Gasteiger partial charge in [-0.3, -0.25) is 4.79 Å². The van der Waals surface area contributed by atoms with Crippen molar-refractivity contribution >= 4 is 11.4 Å². The second kappa shape index (κ2) is 9.48. The van der Waals surface area contributed by atoms with Gasteiger partial charge >= 0.3 is 0 Å². The lowest BCUT2D eigenvalue weighted by Crippen LogP contribution is -2.13. The number of aromatic nitrogens is 4. The van der Waals surface area contributed by atoms with Gasteiger partial charge in [0.15, 0.2) is 11.6 Å². The minimum Gasteiger partial charge on any atom is -0.496 e. The van der Waals surface area contributed by atoms with Crippen LogP contribution in [0.4, 0.5) is 0 Å². The Bertz CT molecular complexity index is 1310. The monoisotopic (exact) mass is 439 g/mol. The molecule has 7 nitrogen and oxygen atoms in total. The van der Waals surface area contributed by atoms with Crippen LogP contribution in [0.25, 0.3) is 22.4 Å². The van der Waals surface area contributed by atoms with Gasteiger partial charge in [-0.25, -0.2) is 0 Å². The molecule has 4 rings (SSSR count). The molecule has 33 heavy (non-hydrogen) atoms. The number of ketones is 1. The van der Waals surface area contributed by atoms with Crippen LogP contribution in [-0.4, -0.2) is 52.1 Å². The summed E-state index contributed by atoms with van der Waals surface area (Å²) >= 11 is 0. The highest BCUT2D eigenvalue weighted by atomic mass is 16.5. The Labute approximate surface area is 192 Å². The van der Waals surface area contributed by atoms with E-state index in [0.717, 1.165) is 28.1 Å². The van der Waals surface area contributed by atoms with Crippen LogP contribution >= 0.6 is 0 Å². The van der Waals surface area contributed by atoms with Gasteiger partial charge < -0.3 is 9.64 Å². The predicted octanol–water partition coefficient (Wildman–Crippen LogP) is 4.43. The number of carbonyl (C=O) groups excluding carboxylic acids is 1. The van der Waals surface area contributed by atoms with Gasteiger partial charge in [0.1, 0.15) is 5.75 Å². The van der Waals surface area contributed by atoms with Crippen molar-refractivity contribution in [1.29, 1.82) is 0 Å². The number of Topliss-reactive ketones (excluding diaryl/α,β-unsaturated/α-hetero) is 1. The van der Waals surface area contributed by atoms with E-state index in [-0.39, 0.29) is 5.78 Å². The van der Waals surface area contributed by atoms with Gasteiger partial charge in [0.25, 0.3) is 0 Å². The summed E-state index contributed by atoms with van der Waals surface area (Å²) in [5.74, 6) is 0.943. The first-order valence-corrected chi connectivity index (χ1v) is 10.5. The number of hydrogen-bond donors (Lipinski definition) is 0. The van der Waals surface area contributed by atoms with Crippen LogP contribution in [0, 0.1) is 6.92 Å². The number of allylic oxidation sites excluding steroid dienone is 1. The van der Waals surface area contributed by atoms with Gasteiger partial charge in [-0.2, -0.15) is 4.68 Å². The number of benzene rings is 3. The predicted molar refractivity (Wildman–Crippen MR) is 128 cm³/mol. The van der Waals surface area contributed by atoms with Crippen LogP contribution in [-0.2, 0) is 0 Å². The van der Waals surface area contributed by atoms with Gasteiger partial charge in [-0.05, 0) is 47.2 Å². The Balaban J connectivity index is 1.78. The summed E-state index contributed by atoms with van der Waals surface area (Å²) in [4.78, 5) is 15.5. The second-order valence-corrected chi connectivity index (χ2v) is 7.87. The highest BCUT2D eigenvalue weighted by Crippen LogP contribution is 2.31. The van der Waals surface area contributed by atoms with E-state index in [1.165, 1.54) is 0 Å². The zero-order valence-corrected chi connectivity index (χ0v) is 19.1. The van der Waals surface area contributed by atoms with Crippen LogP contribution in [0.5, 0.6) is 5.75 Å². The van der Waals surface area contributed by atoms with Gasteiger partial charge in [0.2, 0.25) is 0 Å². The molecule has 1 heterocycles. The first-order chi connectivity index (χ1) is 16.0. The lowest BCUT2D eigenvalue weighted by molar-refractivity contribution is 0.105. The molecule has 0 aliphatic heterocycles. The first kappa shape index (κ1) is 22.0. The quantitative estimate of drug-likeness (QED) is 0.313. The van der Waals surface area contributed by atoms with Crippen LogP contribution in [0.3, 0.4) is 0 Å². The van der Waals surface area contributed by atoms with Crippen molar-refractivity contribution in [1.82, 2.24) is 25.1 Å². The van der Waals surface area contributed by atoms with E-state index in [1.54, 1.807) is 24.1 Å². The Kier molecular flexibility index (Phi) is 6.31. The fourth-order valence-electron chi connectivity index (χ4n) is 3.56. The Morgan fingerprint density at radius 3 is 2.48 bits per heavy atom. The van der Waals surface area contributed by atoms with Crippen molar-refractivity contribution in [3.8, 4) is 22.6 Å². The maximum Gasteiger partial charge on any atom is 0.198 e. The molecule has 0 amide bonds. The van der Waals surface area contributed by atoms with Crippen molar-refractivity contribution in [3.63, 3.8) is 0 Å². The molecule has 3 aromatic carbocycles. The van der Waals surface area contributed by atoms with Crippen molar-refractivity contribution in [2.75, 3.05) is 21.2 Å². The summed E-state index contributed by atoms with van der Waals surface area (Å²) in [5.41, 5.74) is 4.63. The molecule has 1 aromatic heterocycles. The van der Waals surface area contributed by atoms with E-state index in [0.29, 0.717) is 17.0 Å². The van der Waals surface area contributed by atoms with E-state index in [2.05, 4.69) is 15.5 Å². The lowest BCUT2D eigenvalue weighted by Gasteiger charge is -2.13. The molecule has 0 spiro atoms. The molecule has 4 aromatic rings. The van der Waals surface area contributed by atoms with Crippen molar-refractivity contribution in [2.45, 2.75) is 6.92 Å². The molecule has 0 saturated heterocycles. The number of aryl methyl sites for hydroxylation is 1. The van der Waals surface area contributed by atoms with Crippen molar-refractivity contribution in [3.05, 3.63) is 95.9 Å². The fraction of sp³-hybridized carbons (Fsp3) is 0.154. The number of para-hydroxylation sites is 1. The molecule has 7 heteroatoms. The minimum absolute atomic E-state index is 0.177. The molecule has 0 bridgehead atoms. The highest BCUT2D eigenvalue weighted by Gasteiger charge is 2.22. The summed E-state index contributed by atoms with van der Waals surface area (Å²) in [7, 11) is 5.35. The summed E-state index contributed by atoms with van der Waals surface area (Å²) in [6.07, 6.45) is 1.74. The number of nitrogens with zero attached hydrogens (tertiary/aromatic N) is 5. The highest BCUT2D eigenvalue weighted by molar-refractivity contribution is 6.28. The molecule has 0 unspecified atom stereocenters. The number of ether oxygens (including phenoxy) is 1. The van der Waals surface area contributed by atoms with E-state index in [9.17, 15) is 4.79 Å². The van der Waals surface area contributed by atoms with E-state index in [4.69, 9.17) is 4.74 Å². The second-order valence-electron chi connectivity index (χ2n) is 7.87. The van der Waals surface area contributed by atoms with Crippen molar-refractivity contribution in [2.24, 2.45) is 0 Å². The Hall–Kier alpha value is -4.26. The third kappa shape index (κ3) is 4.67. The van der Waals surface area contributed by atoms with Gasteiger partial charge in [-0.15, -0.1) is 5.10 Å². The molecular formula is C26H25N5O2. The molecule has 0 N–H and O–H groups in total. The maximum absolute atomic E-state index is 13.7. The first-order valence-electron chi connectivity index (χ1n) is 10.5. The normalized spacial score (nSPS) is 11.3.